The molecular formula is C2H4MnN-. The van der Waals surface area contributed by atoms with E-state index in [1.165, 1.54) is 0 Å². The van der Waals surface area contributed by atoms with Crippen LogP contribution in [0.15, 0.2) is 6.58 Å². The molecular weight excluding hydrogens is 93.0 g/mol. The van der Waals surface area contributed by atoms with Gasteiger partial charge in [0.15, 0.2) is 0 Å². The Morgan fingerprint density at radius 1 is 1.75 bits per heavy atom. The third kappa shape index (κ3) is 653. The van der Waals surface area contributed by atoms with E-state index in [2.05, 4.69) is 12.3 Å². The molecule has 0 amide bonds. The van der Waals surface area contributed by atoms with Gasteiger partial charge in [-0.05, 0) is 0 Å². The maximum atomic E-state index is 4.49. The minimum Gasteiger partial charge on any atom is -0.580 e. The Morgan fingerprint density at radius 2 is 1.75 bits per heavy atom. The van der Waals surface area contributed by atoms with E-state index in [0.29, 0.717) is 0 Å². The van der Waals surface area contributed by atoms with Crippen LogP contribution in [-0.4, -0.2) is 0 Å². The van der Waals surface area contributed by atoms with Crippen molar-refractivity contribution >= 4 is 0 Å². The van der Waals surface area contributed by atoms with Crippen LogP contribution in [0, 0.1) is 6.20 Å². The zero-order valence-corrected chi connectivity index (χ0v) is 3.34. The van der Waals surface area contributed by atoms with Gasteiger partial charge in [0.25, 0.3) is 0 Å². The van der Waals surface area contributed by atoms with Crippen LogP contribution in [0.2, 0.25) is 0 Å². The van der Waals surface area contributed by atoms with Gasteiger partial charge in [0.1, 0.15) is 0 Å². The van der Waals surface area contributed by atoms with Gasteiger partial charge in [0.2, 0.25) is 0 Å². The first-order chi connectivity index (χ1) is 1.41. The second kappa shape index (κ2) is 11.6. The molecule has 0 atom stereocenters. The summed E-state index contributed by atoms with van der Waals surface area (Å²) in [6.45, 7) is 3.01. The standard InChI is InChI=1S/C2H4N.Mn/c1-2-3;/h1,3H2;/q-1;. The van der Waals surface area contributed by atoms with Crippen molar-refractivity contribution in [1.29, 1.82) is 0 Å². The average Bonchev–Trinajstić information content (AvgIpc) is 0.918. The first-order valence-electron chi connectivity index (χ1n) is 0.642. The molecule has 0 unspecified atom stereocenters. The van der Waals surface area contributed by atoms with Crippen LogP contribution in [0.3, 0.4) is 0 Å². The molecule has 2 N–H and O–H groups in total. The van der Waals surface area contributed by atoms with E-state index in [1.54, 1.807) is 0 Å². The van der Waals surface area contributed by atoms with E-state index in [0.717, 1.165) is 0 Å². The number of rotatable bonds is 0. The number of hydrogen-bond donors (Lipinski definition) is 1. The maximum Gasteiger partial charge on any atom is 0 e. The van der Waals surface area contributed by atoms with E-state index in [4.69, 9.17) is 0 Å². The fourth-order valence-electron chi connectivity index (χ4n) is 0. The Bertz CT molecular complexity index is 13.5. The number of hydrogen-bond acceptors (Lipinski definition) is 1. The van der Waals surface area contributed by atoms with Crippen molar-refractivity contribution in [3.05, 3.63) is 12.8 Å². The molecule has 4 heavy (non-hydrogen) atoms. The first kappa shape index (κ1) is 8.96. The third-order valence-electron chi connectivity index (χ3n) is 0. The normalized spacial score (nSPS) is 3.00. The number of nitrogens with two attached hydrogens (primary N) is 1. The van der Waals surface area contributed by atoms with Gasteiger partial charge in [-0.2, -0.15) is 0 Å². The van der Waals surface area contributed by atoms with Crippen LogP contribution in [0.1, 0.15) is 0 Å². The molecule has 2 heteroatoms. The molecule has 0 bridgehead atoms. The Morgan fingerprint density at radius 3 is 1.75 bits per heavy atom. The van der Waals surface area contributed by atoms with Crippen LogP contribution in [0.4, 0.5) is 0 Å². The molecule has 0 aliphatic carbocycles. The van der Waals surface area contributed by atoms with E-state index in [9.17, 15) is 0 Å². The Labute approximate surface area is 36.4 Å². The van der Waals surface area contributed by atoms with Gasteiger partial charge in [-0.25, -0.2) is 0 Å². The molecule has 0 aliphatic heterocycles. The van der Waals surface area contributed by atoms with E-state index in [1.807, 2.05) is 6.20 Å². The second-order valence-corrected chi connectivity index (χ2v) is 0.204. The van der Waals surface area contributed by atoms with Crippen molar-refractivity contribution in [2.75, 3.05) is 0 Å². The van der Waals surface area contributed by atoms with Crippen LogP contribution >= 0.6 is 0 Å². The minimum absolute atomic E-state index is 0. The van der Waals surface area contributed by atoms with Gasteiger partial charge in [-0.15, -0.1) is 0 Å². The summed E-state index contributed by atoms with van der Waals surface area (Å²) in [4.78, 5) is 0. The smallest absolute Gasteiger partial charge is 0 e. The van der Waals surface area contributed by atoms with Gasteiger partial charge < -0.3 is 11.9 Å². The molecule has 0 aromatic rings. The van der Waals surface area contributed by atoms with Crippen molar-refractivity contribution in [3.63, 3.8) is 0 Å². The predicted octanol–water partition coefficient (Wildman–Crippen LogP) is -0.111. The summed E-state index contributed by atoms with van der Waals surface area (Å²) in [6.07, 6.45) is 2.00. The molecule has 0 aliphatic rings. The average molecular weight is 97.0 g/mol. The molecule has 0 aromatic carbocycles. The largest absolute Gasteiger partial charge is 0.580 e. The molecule has 0 fully saturated rings. The van der Waals surface area contributed by atoms with Gasteiger partial charge in [0.05, 0.1) is 0 Å². The Hall–Kier alpha value is 0.0595. The van der Waals surface area contributed by atoms with E-state index < -0.39 is 0 Å². The van der Waals surface area contributed by atoms with Crippen LogP contribution in [0.5, 0.6) is 0 Å². The maximum absolute atomic E-state index is 4.49. The van der Waals surface area contributed by atoms with Gasteiger partial charge in [-0.1, -0.05) is 0 Å². The zero-order chi connectivity index (χ0) is 2.71. The van der Waals surface area contributed by atoms with Crippen LogP contribution < -0.4 is 5.73 Å². The van der Waals surface area contributed by atoms with Crippen LogP contribution in [0.25, 0.3) is 0 Å². The van der Waals surface area contributed by atoms with Gasteiger partial charge >= 0.3 is 0 Å². The molecule has 0 spiro atoms. The van der Waals surface area contributed by atoms with Crippen molar-refractivity contribution in [2.45, 2.75) is 0 Å². The molecule has 1 nitrogen and oxygen atoms in total. The quantitative estimate of drug-likeness (QED) is 0.255. The monoisotopic (exact) mass is 97.0 g/mol. The Kier molecular flexibility index (Phi) is 25.9. The van der Waals surface area contributed by atoms with Crippen molar-refractivity contribution in [2.24, 2.45) is 5.73 Å². The summed E-state index contributed by atoms with van der Waals surface area (Å²) >= 11 is 0. The predicted molar refractivity (Wildman–Crippen MR) is 13.1 cm³/mol. The van der Waals surface area contributed by atoms with Gasteiger partial charge in [0, 0.05) is 17.1 Å². The van der Waals surface area contributed by atoms with Gasteiger partial charge in [-0.3, -0.25) is 6.58 Å². The summed E-state index contributed by atoms with van der Waals surface area (Å²) in [6, 6.07) is 0. The van der Waals surface area contributed by atoms with E-state index >= 15 is 0 Å². The molecule has 0 rings (SSSR count). The van der Waals surface area contributed by atoms with Crippen LogP contribution in [-0.2, 0) is 17.1 Å². The molecule has 25 valence electrons. The topological polar surface area (TPSA) is 26.0 Å². The fraction of sp³-hybridized carbons (Fsp3) is 0. The van der Waals surface area contributed by atoms with Crippen molar-refractivity contribution in [3.8, 4) is 0 Å². The molecule has 0 saturated heterocycles. The molecule has 0 saturated carbocycles. The van der Waals surface area contributed by atoms with E-state index in [-0.39, 0.29) is 17.1 Å². The van der Waals surface area contributed by atoms with Crippen molar-refractivity contribution < 1.29 is 17.1 Å². The van der Waals surface area contributed by atoms with Crippen molar-refractivity contribution in [1.82, 2.24) is 0 Å². The summed E-state index contributed by atoms with van der Waals surface area (Å²) in [5, 5.41) is 0. The molecule has 0 heterocycles. The fourth-order valence-corrected chi connectivity index (χ4v) is 0. The molecule has 1 radical (unpaired) electrons. The zero-order valence-electron chi connectivity index (χ0n) is 2.16. The summed E-state index contributed by atoms with van der Waals surface area (Å²) in [5.41, 5.74) is 4.49. The second-order valence-electron chi connectivity index (χ2n) is 0.204. The minimum atomic E-state index is 0. The summed E-state index contributed by atoms with van der Waals surface area (Å²) in [7, 11) is 0. The summed E-state index contributed by atoms with van der Waals surface area (Å²) in [5.74, 6) is 0. The summed E-state index contributed by atoms with van der Waals surface area (Å²) < 4.78 is 0. The first-order valence-corrected chi connectivity index (χ1v) is 0.642. The Balaban J connectivity index is 0. The molecule has 0 aromatic heterocycles. The SMILES string of the molecule is C=[C-]N.[Mn]. The third-order valence-corrected chi connectivity index (χ3v) is 0.